The Morgan fingerprint density at radius 1 is 0.310 bits per heavy atom. The van der Waals surface area contributed by atoms with Gasteiger partial charge in [0.1, 0.15) is 11.4 Å². The number of pyridine rings is 2. The summed E-state index contributed by atoms with van der Waals surface area (Å²) in [6, 6.07) is 56.6. The average molecular weight is 747 g/mol. The highest BCUT2D eigenvalue weighted by Crippen LogP contribution is 2.36. The molecule has 0 spiro atoms. The SMILES string of the molecule is c1ccc(-c2nnc(-c3ccc(/C4=N/c5cc6ccccc6nc5/C(c5ccc(-c6nnc(-c7ccccc7)[nH]6)cc5)=N\c5cc6ccccc6nc54)cc3)[nH]2)cc1. The number of aromatic nitrogens is 8. The summed E-state index contributed by atoms with van der Waals surface area (Å²) in [4.78, 5) is 28.1. The quantitative estimate of drug-likeness (QED) is 0.174. The lowest BCUT2D eigenvalue weighted by Crippen LogP contribution is -2.13. The molecule has 272 valence electrons. The average Bonchev–Trinajstić information content (AvgIpc) is 3.99. The molecule has 0 bridgehead atoms. The highest BCUT2D eigenvalue weighted by atomic mass is 15.2. The minimum absolute atomic E-state index is 0.667. The van der Waals surface area contributed by atoms with Gasteiger partial charge in [-0.2, -0.15) is 0 Å². The van der Waals surface area contributed by atoms with Gasteiger partial charge in [-0.3, -0.25) is 0 Å². The van der Waals surface area contributed by atoms with Crippen LogP contribution in [-0.2, 0) is 0 Å². The summed E-state index contributed by atoms with van der Waals surface area (Å²) in [7, 11) is 0. The Morgan fingerprint density at radius 3 is 1.03 bits per heavy atom. The van der Waals surface area contributed by atoms with Crippen LogP contribution in [0.15, 0.2) is 180 Å². The number of nitrogens with zero attached hydrogens (tertiary/aromatic N) is 8. The molecule has 6 aromatic carbocycles. The van der Waals surface area contributed by atoms with Crippen molar-refractivity contribution in [1.29, 1.82) is 0 Å². The normalized spacial score (nSPS) is 14.1. The molecule has 1 aliphatic rings. The number of fused-ring (bicyclic) bond motifs is 4. The number of hydrogen-bond acceptors (Lipinski definition) is 8. The third-order valence-electron chi connectivity index (χ3n) is 10.3. The molecule has 0 saturated heterocycles. The Hall–Kier alpha value is -8.24. The van der Waals surface area contributed by atoms with E-state index in [1.165, 1.54) is 0 Å². The molecule has 0 radical (unpaired) electrons. The second-order valence-electron chi connectivity index (χ2n) is 13.9. The van der Waals surface area contributed by atoms with Crippen molar-refractivity contribution < 1.29 is 0 Å². The van der Waals surface area contributed by atoms with E-state index in [0.29, 0.717) is 57.5 Å². The molecule has 2 N–H and O–H groups in total. The smallest absolute Gasteiger partial charge is 0.161 e. The molecule has 5 heterocycles. The molecule has 0 unspecified atom stereocenters. The van der Waals surface area contributed by atoms with Crippen LogP contribution in [0.1, 0.15) is 22.5 Å². The monoisotopic (exact) mass is 746 g/mol. The molecule has 0 saturated carbocycles. The van der Waals surface area contributed by atoms with Crippen LogP contribution in [0.2, 0.25) is 0 Å². The maximum absolute atomic E-state index is 5.44. The number of benzene rings is 6. The summed E-state index contributed by atoms with van der Waals surface area (Å²) in [6.07, 6.45) is 0. The van der Waals surface area contributed by atoms with Crippen molar-refractivity contribution in [2.24, 2.45) is 9.98 Å². The maximum atomic E-state index is 5.44. The van der Waals surface area contributed by atoms with E-state index in [9.17, 15) is 0 Å². The van der Waals surface area contributed by atoms with Crippen LogP contribution in [0, 0.1) is 0 Å². The van der Waals surface area contributed by atoms with E-state index in [2.05, 4.69) is 54.6 Å². The Balaban J connectivity index is 1.05. The molecule has 11 rings (SSSR count). The molecule has 0 atom stereocenters. The van der Waals surface area contributed by atoms with Crippen molar-refractivity contribution in [2.45, 2.75) is 0 Å². The number of rotatable bonds is 6. The lowest BCUT2D eigenvalue weighted by molar-refractivity contribution is 1.10. The second kappa shape index (κ2) is 13.8. The van der Waals surface area contributed by atoms with Crippen LogP contribution in [-0.4, -0.2) is 51.8 Å². The van der Waals surface area contributed by atoms with E-state index < -0.39 is 0 Å². The third-order valence-corrected chi connectivity index (χ3v) is 10.3. The Labute approximate surface area is 331 Å². The first kappa shape index (κ1) is 33.1. The maximum Gasteiger partial charge on any atom is 0.161 e. The lowest BCUT2D eigenvalue weighted by atomic mass is 9.98. The Bertz CT molecular complexity index is 2980. The van der Waals surface area contributed by atoms with Gasteiger partial charge in [0.25, 0.3) is 0 Å². The molecule has 1 aliphatic heterocycles. The zero-order valence-corrected chi connectivity index (χ0v) is 30.7. The molecule has 0 aliphatic carbocycles. The van der Waals surface area contributed by atoms with Crippen LogP contribution in [0.25, 0.3) is 67.4 Å². The topological polar surface area (TPSA) is 134 Å². The molecule has 10 aromatic rings. The zero-order valence-electron chi connectivity index (χ0n) is 30.7. The first-order valence-electron chi connectivity index (χ1n) is 18.9. The number of H-pyrrole nitrogens is 2. The first-order chi connectivity index (χ1) is 28.7. The molecule has 4 aromatic heterocycles. The minimum Gasteiger partial charge on any atom is -0.321 e. The summed E-state index contributed by atoms with van der Waals surface area (Å²) in [5, 5.41) is 19.7. The van der Waals surface area contributed by atoms with E-state index in [4.69, 9.17) is 20.0 Å². The van der Waals surface area contributed by atoms with Crippen molar-refractivity contribution in [3.63, 3.8) is 0 Å². The van der Waals surface area contributed by atoms with Crippen molar-refractivity contribution in [3.05, 3.63) is 192 Å². The Kier molecular flexibility index (Phi) is 7.88. The van der Waals surface area contributed by atoms with Gasteiger partial charge in [0.2, 0.25) is 0 Å². The fourth-order valence-electron chi connectivity index (χ4n) is 7.29. The summed E-state index contributed by atoms with van der Waals surface area (Å²) >= 11 is 0. The Morgan fingerprint density at radius 2 is 0.638 bits per heavy atom. The fourth-order valence-corrected chi connectivity index (χ4v) is 7.29. The minimum atomic E-state index is 0.667. The van der Waals surface area contributed by atoms with Gasteiger partial charge in [-0.25, -0.2) is 20.0 Å². The van der Waals surface area contributed by atoms with Crippen molar-refractivity contribution in [2.75, 3.05) is 0 Å². The number of nitrogens with one attached hydrogen (secondary N) is 2. The van der Waals surface area contributed by atoms with Crippen molar-refractivity contribution in [3.8, 4) is 45.6 Å². The molecule has 10 heteroatoms. The molecule has 0 amide bonds. The first-order valence-corrected chi connectivity index (χ1v) is 18.9. The van der Waals surface area contributed by atoms with Gasteiger partial charge in [0.15, 0.2) is 23.3 Å². The predicted octanol–water partition coefficient (Wildman–Crippen LogP) is 10.3. The summed E-state index contributed by atoms with van der Waals surface area (Å²) in [5.41, 5.74) is 11.3. The molecule has 10 nitrogen and oxygen atoms in total. The van der Waals surface area contributed by atoms with Gasteiger partial charge < -0.3 is 9.97 Å². The molecule has 0 fully saturated rings. The number of hydrogen-bond donors (Lipinski definition) is 2. The molecular formula is C48H30N10. The van der Waals surface area contributed by atoms with Gasteiger partial charge in [-0.15, -0.1) is 20.4 Å². The van der Waals surface area contributed by atoms with E-state index in [-0.39, 0.29) is 0 Å². The molecule has 58 heavy (non-hydrogen) atoms. The van der Waals surface area contributed by atoms with Gasteiger partial charge in [-0.05, 0) is 24.3 Å². The van der Waals surface area contributed by atoms with Gasteiger partial charge in [0.05, 0.1) is 33.8 Å². The van der Waals surface area contributed by atoms with E-state index in [0.717, 1.165) is 55.2 Å². The second-order valence-corrected chi connectivity index (χ2v) is 13.9. The summed E-state index contributed by atoms with van der Waals surface area (Å²) in [6.45, 7) is 0. The summed E-state index contributed by atoms with van der Waals surface area (Å²) in [5.74, 6) is 2.78. The van der Waals surface area contributed by atoms with Crippen LogP contribution in [0.5, 0.6) is 0 Å². The van der Waals surface area contributed by atoms with Crippen molar-refractivity contribution in [1.82, 2.24) is 40.3 Å². The van der Waals surface area contributed by atoms with Crippen LogP contribution in [0.4, 0.5) is 11.4 Å². The highest BCUT2D eigenvalue weighted by Gasteiger charge is 2.24. The standard InChI is InChI=1S/C48H30N10/c1-3-11-31(12-4-1)45-53-47(57-55-45)33-23-19-29(20-24-33)41-43-39(27-35-15-7-9-17-37(35)49-43)52-42(44-40(51-41)28-36-16-8-10-18-38(36)50-44)30-21-25-34(26-22-30)48-54-46(56-58-48)32-13-5-2-6-14-32/h1-28H,(H,53,55,57)(H,54,56,58)/b43-41?,44-42?,51-40?,51-41-,52-39?,52-42-. The van der Waals surface area contributed by atoms with Gasteiger partial charge in [-0.1, -0.05) is 146 Å². The summed E-state index contributed by atoms with van der Waals surface area (Å²) < 4.78 is 0. The number of para-hydroxylation sites is 2. The van der Waals surface area contributed by atoms with Crippen LogP contribution < -0.4 is 0 Å². The zero-order chi connectivity index (χ0) is 38.4. The largest absolute Gasteiger partial charge is 0.321 e. The lowest BCUT2D eigenvalue weighted by Gasteiger charge is -2.18. The van der Waals surface area contributed by atoms with Gasteiger partial charge >= 0.3 is 0 Å². The van der Waals surface area contributed by atoms with Crippen molar-refractivity contribution >= 4 is 44.6 Å². The fraction of sp³-hybridized carbons (Fsp3) is 0. The van der Waals surface area contributed by atoms with Crippen LogP contribution >= 0.6 is 0 Å². The van der Waals surface area contributed by atoms with Crippen LogP contribution in [0.3, 0.4) is 0 Å². The van der Waals surface area contributed by atoms with E-state index in [1.54, 1.807) is 0 Å². The van der Waals surface area contributed by atoms with E-state index in [1.807, 2.05) is 146 Å². The predicted molar refractivity (Wildman–Crippen MR) is 229 cm³/mol. The van der Waals surface area contributed by atoms with E-state index >= 15 is 0 Å². The molecular weight excluding hydrogens is 717 g/mol. The number of aliphatic imine (C=N–C) groups is 2. The van der Waals surface area contributed by atoms with Gasteiger partial charge in [0, 0.05) is 44.2 Å². The highest BCUT2D eigenvalue weighted by molar-refractivity contribution is 6.22. The third kappa shape index (κ3) is 6.02. The number of aromatic amines is 2.